The molecule has 2 nitrogen and oxygen atoms in total. The van der Waals surface area contributed by atoms with Crippen molar-refractivity contribution in [1.82, 2.24) is 0 Å². The highest BCUT2D eigenvalue weighted by Gasteiger charge is 2.23. The summed E-state index contributed by atoms with van der Waals surface area (Å²) in [6.07, 6.45) is 11.7. The minimum absolute atomic E-state index is 0.476. The van der Waals surface area contributed by atoms with E-state index in [4.69, 9.17) is 9.47 Å². The van der Waals surface area contributed by atoms with E-state index in [0.717, 1.165) is 13.2 Å². The molecule has 0 amide bonds. The molecule has 0 aromatic heterocycles. The van der Waals surface area contributed by atoms with E-state index in [2.05, 4.69) is 22.6 Å². The Balaban J connectivity index is 1.59. The Hall–Kier alpha value is 0.650. The molecule has 0 N–H and O–H groups in total. The van der Waals surface area contributed by atoms with Gasteiger partial charge in [-0.25, -0.2) is 0 Å². The zero-order valence-corrected chi connectivity index (χ0v) is 12.2. The number of halogens is 1. The standard InChI is InChI=1S/C13H23IO2/c14-12-5-3-1-2-4-6-13(12)16-10-9-15-11-7-8-11/h11-13H,1-10H2. The van der Waals surface area contributed by atoms with Crippen LogP contribution in [0, 0.1) is 0 Å². The average molecular weight is 338 g/mol. The molecule has 2 aliphatic rings. The van der Waals surface area contributed by atoms with Gasteiger partial charge in [-0.05, 0) is 25.7 Å². The van der Waals surface area contributed by atoms with Crippen LogP contribution in [0.1, 0.15) is 51.4 Å². The van der Waals surface area contributed by atoms with Gasteiger partial charge in [-0.1, -0.05) is 48.3 Å². The van der Waals surface area contributed by atoms with Crippen molar-refractivity contribution in [3.05, 3.63) is 0 Å². The van der Waals surface area contributed by atoms with Gasteiger partial charge in [0.1, 0.15) is 0 Å². The first-order valence-corrected chi connectivity index (χ1v) is 7.98. The predicted octanol–water partition coefficient (Wildman–Crippen LogP) is 3.71. The highest BCUT2D eigenvalue weighted by atomic mass is 127. The Labute approximate surface area is 113 Å². The minimum atomic E-state index is 0.476. The topological polar surface area (TPSA) is 18.5 Å². The maximum Gasteiger partial charge on any atom is 0.0704 e. The first-order chi connectivity index (χ1) is 7.86. The Bertz CT molecular complexity index is 194. The molecule has 2 unspecified atom stereocenters. The second-order valence-electron chi connectivity index (χ2n) is 4.99. The normalized spacial score (nSPS) is 32.1. The zero-order chi connectivity index (χ0) is 11.2. The Morgan fingerprint density at radius 2 is 1.50 bits per heavy atom. The second kappa shape index (κ2) is 7.17. The summed E-state index contributed by atoms with van der Waals surface area (Å²) in [5.41, 5.74) is 0. The van der Waals surface area contributed by atoms with Crippen molar-refractivity contribution in [2.75, 3.05) is 13.2 Å². The molecule has 0 aromatic rings. The molecule has 2 atom stereocenters. The monoisotopic (exact) mass is 338 g/mol. The van der Waals surface area contributed by atoms with Gasteiger partial charge in [-0.15, -0.1) is 0 Å². The van der Waals surface area contributed by atoms with Crippen LogP contribution in [0.5, 0.6) is 0 Å². The van der Waals surface area contributed by atoms with Crippen molar-refractivity contribution in [2.24, 2.45) is 0 Å². The van der Waals surface area contributed by atoms with E-state index in [-0.39, 0.29) is 0 Å². The number of alkyl halides is 1. The van der Waals surface area contributed by atoms with Crippen molar-refractivity contribution in [3.8, 4) is 0 Å². The quantitative estimate of drug-likeness (QED) is 0.432. The second-order valence-corrected chi connectivity index (χ2v) is 6.59. The van der Waals surface area contributed by atoms with Crippen molar-refractivity contribution in [2.45, 2.75) is 67.5 Å². The molecule has 2 aliphatic carbocycles. The summed E-state index contributed by atoms with van der Waals surface area (Å²) < 4.78 is 12.3. The molecular weight excluding hydrogens is 315 g/mol. The van der Waals surface area contributed by atoms with Crippen molar-refractivity contribution < 1.29 is 9.47 Å². The summed E-state index contributed by atoms with van der Waals surface area (Å²) in [5, 5.41) is 0. The van der Waals surface area contributed by atoms with E-state index in [1.54, 1.807) is 0 Å². The molecule has 2 saturated carbocycles. The van der Waals surface area contributed by atoms with Crippen LogP contribution in [0.4, 0.5) is 0 Å². The molecule has 0 radical (unpaired) electrons. The third-order valence-corrected chi connectivity index (χ3v) is 4.84. The lowest BCUT2D eigenvalue weighted by Gasteiger charge is -2.25. The van der Waals surface area contributed by atoms with Crippen molar-refractivity contribution >= 4 is 22.6 Å². The van der Waals surface area contributed by atoms with Gasteiger partial charge >= 0.3 is 0 Å². The molecule has 0 saturated heterocycles. The van der Waals surface area contributed by atoms with E-state index < -0.39 is 0 Å². The van der Waals surface area contributed by atoms with E-state index in [9.17, 15) is 0 Å². The van der Waals surface area contributed by atoms with Crippen LogP contribution in [0.25, 0.3) is 0 Å². The molecular formula is C13H23IO2. The molecule has 2 fully saturated rings. The Kier molecular flexibility index (Phi) is 5.86. The minimum Gasteiger partial charge on any atom is -0.376 e. The summed E-state index contributed by atoms with van der Waals surface area (Å²) in [7, 11) is 0. The molecule has 0 aromatic carbocycles. The van der Waals surface area contributed by atoms with Crippen LogP contribution in [0.2, 0.25) is 0 Å². The average Bonchev–Trinajstić information content (AvgIpc) is 3.06. The maximum atomic E-state index is 5.98. The van der Waals surface area contributed by atoms with Crippen LogP contribution in [0.15, 0.2) is 0 Å². The van der Waals surface area contributed by atoms with Crippen molar-refractivity contribution in [3.63, 3.8) is 0 Å². The van der Waals surface area contributed by atoms with E-state index in [0.29, 0.717) is 16.1 Å². The van der Waals surface area contributed by atoms with Gasteiger partial charge in [0.15, 0.2) is 0 Å². The van der Waals surface area contributed by atoms with Crippen LogP contribution >= 0.6 is 22.6 Å². The van der Waals surface area contributed by atoms with Gasteiger partial charge in [0.2, 0.25) is 0 Å². The largest absolute Gasteiger partial charge is 0.376 e. The molecule has 3 heteroatoms. The lowest BCUT2D eigenvalue weighted by molar-refractivity contribution is -0.00501. The van der Waals surface area contributed by atoms with Gasteiger partial charge in [0, 0.05) is 3.92 Å². The first kappa shape index (κ1) is 13.1. The van der Waals surface area contributed by atoms with Crippen molar-refractivity contribution in [1.29, 1.82) is 0 Å². The fourth-order valence-corrected chi connectivity index (χ4v) is 3.25. The first-order valence-electron chi connectivity index (χ1n) is 6.73. The third-order valence-electron chi connectivity index (χ3n) is 3.42. The van der Waals surface area contributed by atoms with Gasteiger partial charge in [0.05, 0.1) is 25.4 Å². The molecule has 0 heterocycles. The summed E-state index contributed by atoms with van der Waals surface area (Å²) >= 11 is 2.57. The zero-order valence-electron chi connectivity index (χ0n) is 10.00. The summed E-state index contributed by atoms with van der Waals surface area (Å²) in [5.74, 6) is 0. The van der Waals surface area contributed by atoms with Gasteiger partial charge in [-0.3, -0.25) is 0 Å². The predicted molar refractivity (Wildman–Crippen MR) is 74.2 cm³/mol. The van der Waals surface area contributed by atoms with E-state index in [1.807, 2.05) is 0 Å². The molecule has 0 spiro atoms. The summed E-state index contributed by atoms with van der Waals surface area (Å²) in [6.45, 7) is 1.59. The molecule has 16 heavy (non-hydrogen) atoms. The smallest absolute Gasteiger partial charge is 0.0704 e. The van der Waals surface area contributed by atoms with Gasteiger partial charge in [0.25, 0.3) is 0 Å². The lowest BCUT2D eigenvalue weighted by Crippen LogP contribution is -2.27. The number of hydrogen-bond acceptors (Lipinski definition) is 2. The highest BCUT2D eigenvalue weighted by molar-refractivity contribution is 14.1. The fraction of sp³-hybridized carbons (Fsp3) is 1.00. The summed E-state index contributed by atoms with van der Waals surface area (Å²) in [6, 6.07) is 0. The molecule has 0 bridgehead atoms. The third kappa shape index (κ3) is 4.88. The number of rotatable bonds is 5. The molecule has 0 aliphatic heterocycles. The van der Waals surface area contributed by atoms with E-state index >= 15 is 0 Å². The fourth-order valence-electron chi connectivity index (χ4n) is 2.24. The Morgan fingerprint density at radius 1 is 0.812 bits per heavy atom. The van der Waals surface area contributed by atoms with Crippen LogP contribution in [-0.4, -0.2) is 29.3 Å². The SMILES string of the molecule is IC1CCCCCCC1OCCOC1CC1. The lowest BCUT2D eigenvalue weighted by atomic mass is 9.98. The Morgan fingerprint density at radius 3 is 2.25 bits per heavy atom. The van der Waals surface area contributed by atoms with Crippen LogP contribution in [-0.2, 0) is 9.47 Å². The highest BCUT2D eigenvalue weighted by Crippen LogP contribution is 2.26. The number of ether oxygens (including phenoxy) is 2. The van der Waals surface area contributed by atoms with Crippen LogP contribution < -0.4 is 0 Å². The summed E-state index contributed by atoms with van der Waals surface area (Å²) in [4.78, 5) is 0. The van der Waals surface area contributed by atoms with E-state index in [1.165, 1.54) is 51.4 Å². The number of hydrogen-bond donors (Lipinski definition) is 0. The molecule has 2 rings (SSSR count). The maximum absolute atomic E-state index is 5.98. The molecule has 94 valence electrons. The van der Waals surface area contributed by atoms with Gasteiger partial charge < -0.3 is 9.47 Å². The van der Waals surface area contributed by atoms with Crippen LogP contribution in [0.3, 0.4) is 0 Å². The van der Waals surface area contributed by atoms with Gasteiger partial charge in [-0.2, -0.15) is 0 Å².